The predicted molar refractivity (Wildman–Crippen MR) is 125 cm³/mol. The Hall–Kier alpha value is -3.28. The molecule has 0 unspecified atom stereocenters. The first kappa shape index (κ1) is 23.5. The van der Waals surface area contributed by atoms with Crippen LogP contribution in [0.25, 0.3) is 0 Å². The van der Waals surface area contributed by atoms with Gasteiger partial charge in [0.1, 0.15) is 6.20 Å². The Kier molecular flexibility index (Phi) is 6.07. The number of carbonyl (C=O) groups is 2. The summed E-state index contributed by atoms with van der Waals surface area (Å²) in [5.74, 6) is 0.669. The van der Waals surface area contributed by atoms with Gasteiger partial charge < -0.3 is 15.4 Å². The number of ether oxygens (including phenoxy) is 1. The lowest BCUT2D eigenvalue weighted by Gasteiger charge is -2.56. The maximum absolute atomic E-state index is 13.2. The number of nitro groups is 1. The quantitative estimate of drug-likeness (QED) is 0.315. The van der Waals surface area contributed by atoms with Crippen molar-refractivity contribution >= 4 is 23.2 Å². The van der Waals surface area contributed by atoms with E-state index in [1.807, 2.05) is 6.92 Å². The fourth-order valence-corrected chi connectivity index (χ4v) is 6.62. The molecule has 4 bridgehead atoms. The molecule has 2 amide bonds. The SMILES string of the molecule is CCn1cc(NC(=O)c2nn(C34CC5CC(CC(C5)C3)C4)cc2[N+](=O)[O-])c(C(=O)NCCOC)n1. The molecule has 188 valence electrons. The van der Waals surface area contributed by atoms with Crippen molar-refractivity contribution in [3.8, 4) is 0 Å². The van der Waals surface area contributed by atoms with Crippen LogP contribution < -0.4 is 10.6 Å². The summed E-state index contributed by atoms with van der Waals surface area (Å²) in [7, 11) is 1.53. The van der Waals surface area contributed by atoms with Crippen molar-refractivity contribution in [3.05, 3.63) is 33.9 Å². The molecule has 35 heavy (non-hydrogen) atoms. The normalized spacial score (nSPS) is 26.6. The third-order valence-corrected chi connectivity index (χ3v) is 7.74. The summed E-state index contributed by atoms with van der Waals surface area (Å²) in [5.41, 5.74) is -0.629. The van der Waals surface area contributed by atoms with E-state index in [9.17, 15) is 19.7 Å². The fraction of sp³-hybridized carbons (Fsp3) is 0.652. The van der Waals surface area contributed by atoms with E-state index in [1.54, 1.807) is 4.68 Å². The molecule has 0 saturated heterocycles. The van der Waals surface area contributed by atoms with Crippen molar-refractivity contribution in [2.75, 3.05) is 25.6 Å². The zero-order chi connectivity index (χ0) is 24.7. The number of aryl methyl sites for hydroxylation is 1. The largest absolute Gasteiger partial charge is 0.383 e. The van der Waals surface area contributed by atoms with Gasteiger partial charge in [-0.2, -0.15) is 10.2 Å². The first-order chi connectivity index (χ1) is 16.8. The molecule has 2 heterocycles. The monoisotopic (exact) mass is 485 g/mol. The summed E-state index contributed by atoms with van der Waals surface area (Å²) >= 11 is 0. The molecule has 12 nitrogen and oxygen atoms in total. The standard InChI is InChI=1S/C23H31N7O5/c1-3-28-12-17(19(26-28)21(31)24-4-5-35-2)25-22(32)20-18(30(33)34)13-29(27-20)23-9-14-6-15(10-23)8-16(7-14)11-23/h12-16H,3-11H2,1-2H3,(H,24,31)(H,25,32). The molecule has 4 fully saturated rings. The van der Waals surface area contributed by atoms with Crippen LogP contribution in [0, 0.1) is 27.9 Å². The molecule has 4 saturated carbocycles. The first-order valence-corrected chi connectivity index (χ1v) is 12.2. The van der Waals surface area contributed by atoms with E-state index in [2.05, 4.69) is 20.8 Å². The summed E-state index contributed by atoms with van der Waals surface area (Å²) in [4.78, 5) is 37.1. The summed E-state index contributed by atoms with van der Waals surface area (Å²) < 4.78 is 8.17. The first-order valence-electron chi connectivity index (χ1n) is 12.2. The zero-order valence-electron chi connectivity index (χ0n) is 20.0. The number of methoxy groups -OCH3 is 1. The fourth-order valence-electron chi connectivity index (χ4n) is 6.62. The predicted octanol–water partition coefficient (Wildman–Crippen LogP) is 2.56. The van der Waals surface area contributed by atoms with Crippen molar-refractivity contribution in [1.82, 2.24) is 24.9 Å². The summed E-state index contributed by atoms with van der Waals surface area (Å²) in [5, 5.41) is 25.9. The molecule has 6 rings (SSSR count). The Balaban J connectivity index is 1.42. The molecule has 2 N–H and O–H groups in total. The molecule has 0 spiro atoms. The average molecular weight is 486 g/mol. The second kappa shape index (κ2) is 9.06. The average Bonchev–Trinajstić information content (AvgIpc) is 3.44. The van der Waals surface area contributed by atoms with Crippen molar-refractivity contribution in [3.63, 3.8) is 0 Å². The Morgan fingerprint density at radius 2 is 1.77 bits per heavy atom. The number of hydrogen-bond donors (Lipinski definition) is 2. The molecular formula is C23H31N7O5. The molecule has 0 aromatic carbocycles. The van der Waals surface area contributed by atoms with Crippen LogP contribution in [-0.4, -0.2) is 56.6 Å². The van der Waals surface area contributed by atoms with E-state index in [-0.39, 0.29) is 34.8 Å². The lowest BCUT2D eigenvalue weighted by atomic mass is 9.53. The van der Waals surface area contributed by atoms with Crippen LogP contribution in [0.15, 0.2) is 12.4 Å². The smallest absolute Gasteiger partial charge is 0.320 e. The van der Waals surface area contributed by atoms with E-state index in [0.29, 0.717) is 30.9 Å². The minimum absolute atomic E-state index is 0.0273. The summed E-state index contributed by atoms with van der Waals surface area (Å²) in [6.45, 7) is 2.94. The van der Waals surface area contributed by atoms with E-state index >= 15 is 0 Å². The van der Waals surface area contributed by atoms with Crippen molar-refractivity contribution in [2.45, 2.75) is 57.5 Å². The maximum atomic E-state index is 13.2. The van der Waals surface area contributed by atoms with Crippen molar-refractivity contribution in [1.29, 1.82) is 0 Å². The van der Waals surface area contributed by atoms with Crippen LogP contribution in [0.4, 0.5) is 11.4 Å². The molecule has 0 radical (unpaired) electrons. The Morgan fingerprint density at radius 1 is 1.11 bits per heavy atom. The number of anilines is 1. The van der Waals surface area contributed by atoms with Crippen LogP contribution in [0.3, 0.4) is 0 Å². The Bertz CT molecular complexity index is 1120. The highest BCUT2D eigenvalue weighted by Crippen LogP contribution is 2.58. The minimum atomic E-state index is -0.734. The van der Waals surface area contributed by atoms with Crippen LogP contribution >= 0.6 is 0 Å². The number of carbonyl (C=O) groups excluding carboxylic acids is 2. The maximum Gasteiger partial charge on any atom is 0.320 e. The highest BCUT2D eigenvalue weighted by molar-refractivity contribution is 6.09. The second-order valence-corrected chi connectivity index (χ2v) is 10.2. The highest BCUT2D eigenvalue weighted by atomic mass is 16.6. The molecular weight excluding hydrogens is 454 g/mol. The van der Waals surface area contributed by atoms with Crippen molar-refractivity contribution in [2.24, 2.45) is 17.8 Å². The zero-order valence-corrected chi connectivity index (χ0v) is 20.0. The second-order valence-electron chi connectivity index (χ2n) is 10.2. The number of amides is 2. The van der Waals surface area contributed by atoms with Crippen LogP contribution in [0.1, 0.15) is 66.4 Å². The van der Waals surface area contributed by atoms with Gasteiger partial charge in [0.15, 0.2) is 5.69 Å². The number of rotatable bonds is 9. The van der Waals surface area contributed by atoms with Gasteiger partial charge >= 0.3 is 5.69 Å². The number of nitrogens with one attached hydrogen (secondary N) is 2. The minimum Gasteiger partial charge on any atom is -0.383 e. The van der Waals surface area contributed by atoms with Crippen LogP contribution in [-0.2, 0) is 16.8 Å². The third-order valence-electron chi connectivity index (χ3n) is 7.74. The summed E-state index contributed by atoms with van der Waals surface area (Å²) in [6.07, 6.45) is 9.50. The van der Waals surface area contributed by atoms with Gasteiger partial charge in [-0.05, 0) is 63.2 Å². The van der Waals surface area contributed by atoms with E-state index < -0.39 is 16.7 Å². The lowest BCUT2D eigenvalue weighted by molar-refractivity contribution is -0.385. The lowest BCUT2D eigenvalue weighted by Crippen LogP contribution is -2.52. The third kappa shape index (κ3) is 4.30. The number of hydrogen-bond acceptors (Lipinski definition) is 7. The Morgan fingerprint density at radius 3 is 2.34 bits per heavy atom. The van der Waals surface area contributed by atoms with Crippen LogP contribution in [0.2, 0.25) is 0 Å². The van der Waals surface area contributed by atoms with E-state index in [0.717, 1.165) is 19.3 Å². The summed E-state index contributed by atoms with van der Waals surface area (Å²) in [6, 6.07) is 0. The van der Waals surface area contributed by atoms with Crippen molar-refractivity contribution < 1.29 is 19.2 Å². The van der Waals surface area contributed by atoms with E-state index in [1.165, 1.54) is 43.4 Å². The molecule has 2 aromatic heterocycles. The highest BCUT2D eigenvalue weighted by Gasteiger charge is 2.53. The number of nitrogens with zero attached hydrogens (tertiary/aromatic N) is 5. The molecule has 2 aromatic rings. The molecule has 4 aliphatic carbocycles. The van der Waals surface area contributed by atoms with Gasteiger partial charge in [0.25, 0.3) is 11.8 Å². The van der Waals surface area contributed by atoms with Gasteiger partial charge in [-0.25, -0.2) is 0 Å². The molecule has 0 atom stereocenters. The topological polar surface area (TPSA) is 146 Å². The van der Waals surface area contributed by atoms with Gasteiger partial charge in [0.05, 0.1) is 22.8 Å². The van der Waals surface area contributed by atoms with Gasteiger partial charge in [-0.1, -0.05) is 0 Å². The Labute approximate surface area is 202 Å². The molecule has 0 aliphatic heterocycles. The van der Waals surface area contributed by atoms with Gasteiger partial charge in [0, 0.05) is 26.4 Å². The molecule has 12 heteroatoms. The van der Waals surface area contributed by atoms with Gasteiger partial charge in [-0.3, -0.25) is 29.1 Å². The molecule has 4 aliphatic rings. The van der Waals surface area contributed by atoms with Gasteiger partial charge in [0.2, 0.25) is 5.69 Å². The van der Waals surface area contributed by atoms with Crippen LogP contribution in [0.5, 0.6) is 0 Å². The number of aromatic nitrogens is 4. The van der Waals surface area contributed by atoms with Gasteiger partial charge in [-0.15, -0.1) is 0 Å². The van der Waals surface area contributed by atoms with E-state index in [4.69, 9.17) is 4.74 Å².